The number of hydrogen-bond acceptors (Lipinski definition) is 2. The van der Waals surface area contributed by atoms with Gasteiger partial charge in [0.05, 0.1) is 13.7 Å². The van der Waals surface area contributed by atoms with Gasteiger partial charge in [-0.3, -0.25) is 0 Å². The summed E-state index contributed by atoms with van der Waals surface area (Å²) in [7, 11) is 2.43. The van der Waals surface area contributed by atoms with Crippen molar-refractivity contribution in [3.63, 3.8) is 0 Å². The van der Waals surface area contributed by atoms with Gasteiger partial charge >= 0.3 is 18.0 Å². The first-order valence-corrected chi connectivity index (χ1v) is 7.97. The number of ether oxygens (including phenoxy) is 2. The first kappa shape index (κ1) is 22.0. The van der Waals surface area contributed by atoms with Gasteiger partial charge in [-0.05, 0) is 24.1 Å². The second-order valence-electron chi connectivity index (χ2n) is 6.13. The van der Waals surface area contributed by atoms with E-state index in [0.29, 0.717) is 6.07 Å². The van der Waals surface area contributed by atoms with Gasteiger partial charge in [0, 0.05) is 18.2 Å². The average Bonchev–Trinajstić information content (AvgIpc) is 2.59. The lowest BCUT2D eigenvalue weighted by Crippen LogP contribution is -2.50. The molecule has 0 atom stereocenters. The molecule has 9 heteroatoms. The van der Waals surface area contributed by atoms with Crippen LogP contribution in [0.25, 0.3) is 11.1 Å². The second kappa shape index (κ2) is 7.62. The smallest absolute Gasteiger partial charge is 0.435 e. The van der Waals surface area contributed by atoms with Crippen LogP contribution in [0.4, 0.5) is 30.7 Å². The van der Waals surface area contributed by atoms with E-state index in [9.17, 15) is 30.7 Å². The Balaban J connectivity index is 3.03. The molecule has 0 amide bonds. The maximum atomic E-state index is 15.0. The summed E-state index contributed by atoms with van der Waals surface area (Å²) in [5.41, 5.74) is -7.81. The number of alkyl halides is 7. The van der Waals surface area contributed by atoms with Crippen LogP contribution < -0.4 is 4.74 Å². The van der Waals surface area contributed by atoms with Gasteiger partial charge in [-0.1, -0.05) is 35.9 Å². The monoisotopic (exact) mass is 410 g/mol. The summed E-state index contributed by atoms with van der Waals surface area (Å²) in [6.07, 6.45) is -12.5. The SMILES string of the molecule is COCc1cc(C)cc(C(F)(C(F)(F)F)C(F)(F)F)c1-c1ccccc1OC. The molecule has 2 rings (SSSR count). The van der Waals surface area contributed by atoms with Gasteiger partial charge in [0.1, 0.15) is 5.75 Å². The molecule has 2 aromatic rings. The number of methoxy groups -OCH3 is 2. The van der Waals surface area contributed by atoms with Crippen molar-refractivity contribution >= 4 is 0 Å². The lowest BCUT2D eigenvalue weighted by Gasteiger charge is -2.33. The van der Waals surface area contributed by atoms with Crippen LogP contribution in [0.3, 0.4) is 0 Å². The molecule has 0 bridgehead atoms. The van der Waals surface area contributed by atoms with E-state index in [1.54, 1.807) is 0 Å². The topological polar surface area (TPSA) is 18.5 Å². The van der Waals surface area contributed by atoms with Crippen LogP contribution >= 0.6 is 0 Å². The maximum Gasteiger partial charge on any atom is 0.435 e. The summed E-state index contributed by atoms with van der Waals surface area (Å²) in [5.74, 6) is -0.00310. The molecule has 28 heavy (non-hydrogen) atoms. The number of para-hydroxylation sites is 1. The van der Waals surface area contributed by atoms with Gasteiger partial charge in [-0.15, -0.1) is 0 Å². The van der Waals surface area contributed by atoms with Crippen LogP contribution in [0.2, 0.25) is 0 Å². The number of rotatable bonds is 5. The maximum absolute atomic E-state index is 15.0. The summed E-state index contributed by atoms with van der Waals surface area (Å²) in [6, 6.07) is 7.42. The largest absolute Gasteiger partial charge is 0.496 e. The fourth-order valence-electron chi connectivity index (χ4n) is 3.04. The molecule has 0 radical (unpaired) electrons. The fourth-order valence-corrected chi connectivity index (χ4v) is 3.04. The van der Waals surface area contributed by atoms with Crippen molar-refractivity contribution in [2.45, 2.75) is 31.6 Å². The number of hydrogen-bond donors (Lipinski definition) is 0. The minimum absolute atomic E-state index is 0.00310. The molecular weight excluding hydrogens is 393 g/mol. The third-order valence-electron chi connectivity index (χ3n) is 4.19. The predicted octanol–water partition coefficient (Wildman–Crippen LogP) is 6.11. The van der Waals surface area contributed by atoms with Gasteiger partial charge in [-0.2, -0.15) is 26.3 Å². The molecule has 0 unspecified atom stereocenters. The molecule has 154 valence electrons. The van der Waals surface area contributed by atoms with E-state index >= 15 is 0 Å². The first-order valence-electron chi connectivity index (χ1n) is 7.97. The lowest BCUT2D eigenvalue weighted by atomic mass is 9.83. The molecule has 0 fully saturated rings. The molecule has 0 saturated heterocycles. The lowest BCUT2D eigenvalue weighted by molar-refractivity contribution is -0.348. The molecule has 2 aromatic carbocycles. The molecule has 0 saturated carbocycles. The number of halogens is 7. The van der Waals surface area contributed by atoms with Gasteiger partial charge in [-0.25, -0.2) is 4.39 Å². The molecule has 0 aliphatic rings. The number of benzene rings is 2. The normalized spacial score (nSPS) is 12.9. The molecule has 0 N–H and O–H groups in total. The van der Waals surface area contributed by atoms with Crippen LogP contribution in [0.15, 0.2) is 36.4 Å². The standard InChI is InChI=1S/C19H17F7O2/c1-11-8-12(10-27-2)16(13-6-4-5-7-15(13)28-3)14(9-11)17(20,18(21,22)23)19(24,25)26/h4-9H,10H2,1-3H3. The summed E-state index contributed by atoms with van der Waals surface area (Å²) < 4.78 is 106. The van der Waals surface area contributed by atoms with E-state index in [0.717, 1.165) is 0 Å². The Kier molecular flexibility index (Phi) is 5.98. The van der Waals surface area contributed by atoms with Crippen molar-refractivity contribution in [1.29, 1.82) is 0 Å². The minimum Gasteiger partial charge on any atom is -0.496 e. The zero-order valence-electron chi connectivity index (χ0n) is 15.1. The first-order chi connectivity index (χ1) is 12.9. The van der Waals surface area contributed by atoms with Gasteiger partial charge < -0.3 is 9.47 Å². The van der Waals surface area contributed by atoms with Crippen molar-refractivity contribution in [3.8, 4) is 16.9 Å². The highest BCUT2D eigenvalue weighted by Crippen LogP contribution is 2.56. The zero-order valence-corrected chi connectivity index (χ0v) is 15.1. The Morgan fingerprint density at radius 2 is 1.43 bits per heavy atom. The van der Waals surface area contributed by atoms with Crippen LogP contribution in [0.1, 0.15) is 16.7 Å². The van der Waals surface area contributed by atoms with E-state index in [2.05, 4.69) is 0 Å². The van der Waals surface area contributed by atoms with Crippen molar-refractivity contribution in [1.82, 2.24) is 0 Å². The molecule has 2 nitrogen and oxygen atoms in total. The Labute approximate surface area is 156 Å². The quantitative estimate of drug-likeness (QED) is 0.554. The summed E-state index contributed by atoms with van der Waals surface area (Å²) >= 11 is 0. The number of aryl methyl sites for hydroxylation is 1. The fraction of sp³-hybridized carbons (Fsp3) is 0.368. The van der Waals surface area contributed by atoms with Crippen LogP contribution in [-0.4, -0.2) is 26.6 Å². The predicted molar refractivity (Wildman–Crippen MR) is 88.8 cm³/mol. The molecule has 0 aromatic heterocycles. The highest BCUT2D eigenvalue weighted by molar-refractivity contribution is 5.78. The van der Waals surface area contributed by atoms with Crippen LogP contribution in [0, 0.1) is 6.92 Å². The van der Waals surface area contributed by atoms with Crippen molar-refractivity contribution in [2.75, 3.05) is 14.2 Å². The Bertz CT molecular complexity index is 827. The van der Waals surface area contributed by atoms with Crippen molar-refractivity contribution in [2.24, 2.45) is 0 Å². The highest BCUT2D eigenvalue weighted by atomic mass is 19.4. The van der Waals surface area contributed by atoms with E-state index in [1.165, 1.54) is 51.5 Å². The Hall–Kier alpha value is -2.29. The van der Waals surface area contributed by atoms with Gasteiger partial charge in [0.2, 0.25) is 0 Å². The van der Waals surface area contributed by atoms with Crippen LogP contribution in [0.5, 0.6) is 5.75 Å². The summed E-state index contributed by atoms with van der Waals surface area (Å²) in [6.45, 7) is 0.954. The molecular formula is C19H17F7O2. The van der Waals surface area contributed by atoms with E-state index in [4.69, 9.17) is 9.47 Å². The molecule has 0 spiro atoms. The molecule has 0 aliphatic carbocycles. The Morgan fingerprint density at radius 1 is 0.857 bits per heavy atom. The third-order valence-corrected chi connectivity index (χ3v) is 4.19. The van der Waals surface area contributed by atoms with Crippen molar-refractivity contribution < 1.29 is 40.2 Å². The van der Waals surface area contributed by atoms with Gasteiger partial charge in [0.25, 0.3) is 0 Å². The highest BCUT2D eigenvalue weighted by Gasteiger charge is 2.74. The van der Waals surface area contributed by atoms with E-state index in [1.807, 2.05) is 0 Å². The summed E-state index contributed by atoms with van der Waals surface area (Å²) in [5, 5.41) is 0. The zero-order chi connectivity index (χ0) is 21.3. The summed E-state index contributed by atoms with van der Waals surface area (Å²) in [4.78, 5) is 0. The Morgan fingerprint density at radius 3 is 1.93 bits per heavy atom. The van der Waals surface area contributed by atoms with Crippen molar-refractivity contribution in [3.05, 3.63) is 53.1 Å². The molecule has 0 aliphatic heterocycles. The minimum atomic E-state index is -6.24. The van der Waals surface area contributed by atoms with E-state index < -0.39 is 29.1 Å². The van der Waals surface area contributed by atoms with Crippen LogP contribution in [-0.2, 0) is 17.0 Å². The third kappa shape index (κ3) is 3.67. The van der Waals surface area contributed by atoms with E-state index in [-0.39, 0.29) is 29.0 Å². The molecule has 0 heterocycles. The average molecular weight is 410 g/mol. The van der Waals surface area contributed by atoms with Gasteiger partial charge in [0.15, 0.2) is 0 Å². The second-order valence-corrected chi connectivity index (χ2v) is 6.13.